The molecule has 1 N–H and O–H groups in total. The second kappa shape index (κ2) is 6.85. The van der Waals surface area contributed by atoms with Crippen molar-refractivity contribution in [3.05, 3.63) is 12.7 Å². The zero-order chi connectivity index (χ0) is 18.2. The van der Waals surface area contributed by atoms with Gasteiger partial charge in [-0.3, -0.25) is 9.68 Å². The number of hydroxylamine groups is 2. The lowest BCUT2D eigenvalue weighted by Crippen LogP contribution is -2.58. The van der Waals surface area contributed by atoms with Crippen molar-refractivity contribution >= 4 is 14.3 Å². The number of aliphatic hydroxyl groups is 1. The molecule has 0 bridgehead atoms. The van der Waals surface area contributed by atoms with E-state index in [9.17, 15) is 9.90 Å². The Hall–Kier alpha value is -0.773. The van der Waals surface area contributed by atoms with E-state index in [1.54, 1.807) is 0 Å². The molecule has 0 saturated carbocycles. The number of carbonyl (C=O) groups excluding carboxylic acids is 1. The fraction of sp³-hybridized carbons (Fsp3) is 0.812. The van der Waals surface area contributed by atoms with Gasteiger partial charge in [0.2, 0.25) is 0 Å². The largest absolute Gasteiger partial charge is 0.460 e. The Morgan fingerprint density at radius 1 is 1.50 bits per heavy atom. The normalized spacial score (nSPS) is 31.1. The maximum atomic E-state index is 12.8. The molecule has 0 aromatic heterocycles. The number of carbonyl (C=O) groups is 1. The molecule has 0 aromatic carbocycles. The van der Waals surface area contributed by atoms with Crippen LogP contribution in [0.5, 0.6) is 0 Å². The zero-order valence-corrected chi connectivity index (χ0v) is 16.2. The Bertz CT molecular complexity index is 491. The summed E-state index contributed by atoms with van der Waals surface area (Å²) in [6.07, 6.45) is 0.746. The van der Waals surface area contributed by atoms with Crippen LogP contribution in [0.15, 0.2) is 12.7 Å². The second-order valence-corrected chi connectivity index (χ2v) is 12.6. The summed E-state index contributed by atoms with van der Waals surface area (Å²) in [7, 11) is -2.14. The molecule has 0 aliphatic carbocycles. The monoisotopic (exact) mass is 359 g/mol. The maximum Gasteiger partial charge on any atom is 0.334 e. The Labute approximate surface area is 144 Å². The van der Waals surface area contributed by atoms with Crippen molar-refractivity contribution in [3.63, 3.8) is 0 Å². The molecule has 0 radical (unpaired) electrons. The number of ether oxygens (including phenoxy) is 1. The van der Waals surface area contributed by atoms with Crippen LogP contribution < -0.4 is 0 Å². The van der Waals surface area contributed by atoms with Crippen LogP contribution in [-0.2, 0) is 23.6 Å². The molecular formula is C16H29NO6Si. The van der Waals surface area contributed by atoms with Crippen LogP contribution in [0, 0.1) is 0 Å². The van der Waals surface area contributed by atoms with E-state index in [0.29, 0.717) is 0 Å². The summed E-state index contributed by atoms with van der Waals surface area (Å²) in [5.74, 6) is -0.473. The predicted octanol–water partition coefficient (Wildman–Crippen LogP) is 1.79. The Morgan fingerprint density at radius 3 is 2.71 bits per heavy atom. The predicted molar refractivity (Wildman–Crippen MR) is 90.3 cm³/mol. The first-order valence-electron chi connectivity index (χ1n) is 8.25. The smallest absolute Gasteiger partial charge is 0.334 e. The molecule has 138 valence electrons. The van der Waals surface area contributed by atoms with E-state index in [2.05, 4.69) is 40.4 Å². The van der Waals surface area contributed by atoms with Crippen LogP contribution in [0.4, 0.5) is 0 Å². The fourth-order valence-electron chi connectivity index (χ4n) is 2.67. The van der Waals surface area contributed by atoms with E-state index < -0.39 is 32.0 Å². The van der Waals surface area contributed by atoms with Crippen LogP contribution in [0.3, 0.4) is 0 Å². The van der Waals surface area contributed by atoms with Gasteiger partial charge in [0.1, 0.15) is 18.8 Å². The fourth-order valence-corrected chi connectivity index (χ4v) is 3.99. The van der Waals surface area contributed by atoms with Crippen molar-refractivity contribution in [3.8, 4) is 0 Å². The van der Waals surface area contributed by atoms with E-state index in [4.69, 9.17) is 18.8 Å². The second-order valence-electron chi connectivity index (χ2n) is 7.85. The molecule has 3 atom stereocenters. The van der Waals surface area contributed by atoms with Crippen LogP contribution in [0.25, 0.3) is 0 Å². The minimum Gasteiger partial charge on any atom is -0.460 e. The zero-order valence-electron chi connectivity index (χ0n) is 15.2. The van der Waals surface area contributed by atoms with Crippen molar-refractivity contribution in [1.82, 2.24) is 5.23 Å². The van der Waals surface area contributed by atoms with Gasteiger partial charge in [0.25, 0.3) is 0 Å². The molecule has 2 aliphatic rings. The average molecular weight is 359 g/mol. The van der Waals surface area contributed by atoms with E-state index in [-0.39, 0.29) is 31.3 Å². The van der Waals surface area contributed by atoms with E-state index in [1.807, 2.05) is 0 Å². The first-order valence-corrected chi connectivity index (χ1v) is 11.2. The molecule has 24 heavy (non-hydrogen) atoms. The van der Waals surface area contributed by atoms with Crippen molar-refractivity contribution in [2.45, 2.75) is 63.1 Å². The van der Waals surface area contributed by atoms with Gasteiger partial charge in [-0.25, -0.2) is 4.79 Å². The number of hydrogen-bond donors (Lipinski definition) is 1. The number of rotatable bonds is 6. The molecule has 8 heteroatoms. The van der Waals surface area contributed by atoms with Crippen molar-refractivity contribution in [2.75, 3.05) is 19.8 Å². The summed E-state index contributed by atoms with van der Waals surface area (Å²) in [5.41, 5.74) is -1.19. The molecule has 2 rings (SSSR count). The number of fused-ring (bicyclic) bond motifs is 1. The number of aliphatic hydroxyl groups excluding tert-OH is 1. The van der Waals surface area contributed by atoms with Crippen LogP contribution >= 0.6 is 0 Å². The summed E-state index contributed by atoms with van der Waals surface area (Å²) in [6.45, 7) is 14.3. The lowest BCUT2D eigenvalue weighted by atomic mass is 9.89. The Morgan fingerprint density at radius 2 is 2.17 bits per heavy atom. The highest BCUT2D eigenvalue weighted by atomic mass is 28.4. The summed E-state index contributed by atoms with van der Waals surface area (Å²) in [5, 5.41) is 10.6. The lowest BCUT2D eigenvalue weighted by molar-refractivity contribution is -0.357. The third-order valence-corrected chi connectivity index (χ3v) is 9.60. The van der Waals surface area contributed by atoms with Crippen LogP contribution in [-0.4, -0.2) is 62.2 Å². The molecule has 0 amide bonds. The summed E-state index contributed by atoms with van der Waals surface area (Å²) >= 11 is 0. The number of nitrogens with zero attached hydrogens (tertiary/aromatic N) is 1. The van der Waals surface area contributed by atoms with E-state index >= 15 is 0 Å². The lowest BCUT2D eigenvalue weighted by Gasteiger charge is -2.41. The first-order chi connectivity index (χ1) is 11.1. The highest BCUT2D eigenvalue weighted by molar-refractivity contribution is 6.74. The molecule has 0 spiro atoms. The van der Waals surface area contributed by atoms with E-state index in [1.165, 1.54) is 11.3 Å². The summed E-state index contributed by atoms with van der Waals surface area (Å²) in [6, 6.07) is 0. The maximum absolute atomic E-state index is 12.8. The van der Waals surface area contributed by atoms with Gasteiger partial charge in [-0.1, -0.05) is 33.4 Å². The molecular weight excluding hydrogens is 330 g/mol. The minimum absolute atomic E-state index is 0.0114. The molecule has 2 fully saturated rings. The SMILES string of the molecule is C=CCOC(=O)C12CC(CO)ON1OCC2O[Si](C)(C)C(C)(C)C. The standard InChI is InChI=1S/C16H29NO6Si/c1-7-8-20-14(19)16-9-12(10-18)22-17(16)21-11-13(16)23-24(5,6)15(2,3)4/h7,12-13,18H,1,8-11H2,2-6H3. The summed E-state index contributed by atoms with van der Waals surface area (Å²) < 4.78 is 11.8. The molecule has 2 heterocycles. The van der Waals surface area contributed by atoms with Gasteiger partial charge in [-0.05, 0) is 23.4 Å². The Kier molecular flexibility index (Phi) is 5.58. The molecule has 2 saturated heterocycles. The molecule has 2 aliphatic heterocycles. The van der Waals surface area contributed by atoms with Gasteiger partial charge in [-0.15, -0.1) is 0 Å². The topological polar surface area (TPSA) is 77.5 Å². The third kappa shape index (κ3) is 3.31. The van der Waals surface area contributed by atoms with Crippen molar-refractivity contribution < 1.29 is 28.7 Å². The highest BCUT2D eigenvalue weighted by Crippen LogP contribution is 2.46. The van der Waals surface area contributed by atoms with Gasteiger partial charge in [-0.2, -0.15) is 0 Å². The average Bonchev–Trinajstić information content (AvgIpc) is 3.01. The van der Waals surface area contributed by atoms with Gasteiger partial charge in [0.15, 0.2) is 13.9 Å². The number of esters is 1. The minimum atomic E-state index is -2.14. The highest BCUT2D eigenvalue weighted by Gasteiger charge is 2.65. The van der Waals surface area contributed by atoms with Crippen LogP contribution in [0.1, 0.15) is 27.2 Å². The molecule has 3 unspecified atom stereocenters. The van der Waals surface area contributed by atoms with Crippen molar-refractivity contribution in [2.24, 2.45) is 0 Å². The summed E-state index contributed by atoms with van der Waals surface area (Å²) in [4.78, 5) is 23.9. The molecule has 0 aromatic rings. The van der Waals surface area contributed by atoms with Gasteiger partial charge in [0, 0.05) is 6.42 Å². The molecule has 7 nitrogen and oxygen atoms in total. The van der Waals surface area contributed by atoms with Crippen LogP contribution in [0.2, 0.25) is 18.1 Å². The van der Waals surface area contributed by atoms with Crippen molar-refractivity contribution in [1.29, 1.82) is 0 Å². The number of hydrogen-bond acceptors (Lipinski definition) is 7. The van der Waals surface area contributed by atoms with E-state index in [0.717, 1.165) is 0 Å². The Balaban J connectivity index is 2.29. The third-order valence-electron chi connectivity index (χ3n) is 5.12. The van der Waals surface area contributed by atoms with Gasteiger partial charge in [0.05, 0.1) is 13.2 Å². The first kappa shape index (κ1) is 19.6. The quantitative estimate of drug-likeness (QED) is 0.440. The van der Waals surface area contributed by atoms with Gasteiger partial charge >= 0.3 is 5.97 Å². The van der Waals surface area contributed by atoms with Gasteiger partial charge < -0.3 is 14.3 Å².